The van der Waals surface area contributed by atoms with Crippen molar-refractivity contribution >= 4 is 34.0 Å². The smallest absolute Gasteiger partial charge is 0.283 e. The van der Waals surface area contributed by atoms with Gasteiger partial charge >= 0.3 is 0 Å². The number of aromatic nitrogens is 3. The van der Waals surface area contributed by atoms with Gasteiger partial charge in [0.05, 0.1) is 17.2 Å². The maximum absolute atomic E-state index is 13.2. The number of nitro benzene ring substituents is 1. The lowest BCUT2D eigenvalue weighted by Crippen LogP contribution is -2.13. The highest BCUT2D eigenvalue weighted by Gasteiger charge is 2.20. The number of hydrazone groups is 1. The van der Waals surface area contributed by atoms with Crippen LogP contribution in [0.2, 0.25) is 0 Å². The van der Waals surface area contributed by atoms with Crippen LogP contribution in [0.25, 0.3) is 11.5 Å². The average molecular weight is 491 g/mol. The standard InChI is InChI=1S/C23H18N6O5S/c1-2-33-19-9-3-15(4-10-19)20(30)22(27-25-17-5-7-18(8-6-17)29(31)32)35-23-28-26-21(34-23)16-11-13-24-14-12-16/h3-14,25H,2H2,1H3/b27-22-. The van der Waals surface area contributed by atoms with E-state index in [2.05, 4.69) is 25.7 Å². The van der Waals surface area contributed by atoms with Gasteiger partial charge in [-0.2, -0.15) is 5.10 Å². The quantitative estimate of drug-likeness (QED) is 0.0863. The van der Waals surface area contributed by atoms with Crippen LogP contribution in [0.3, 0.4) is 0 Å². The number of ether oxygens (including phenoxy) is 1. The number of non-ortho nitro benzene ring substituents is 1. The summed E-state index contributed by atoms with van der Waals surface area (Å²) in [5.41, 5.74) is 4.20. The number of carbonyl (C=O) groups is 1. The SMILES string of the molecule is CCOc1ccc(C(=O)/C(=N/Nc2ccc([N+](=O)[O-])cc2)Sc2nnc(-c3ccncc3)o2)cc1. The Morgan fingerprint density at radius 2 is 1.80 bits per heavy atom. The molecule has 0 aliphatic rings. The van der Waals surface area contributed by atoms with Gasteiger partial charge in [-0.15, -0.1) is 10.2 Å². The summed E-state index contributed by atoms with van der Waals surface area (Å²) in [6.45, 7) is 2.38. The van der Waals surface area contributed by atoms with Crippen molar-refractivity contribution in [3.63, 3.8) is 0 Å². The number of thioether (sulfide) groups is 1. The Morgan fingerprint density at radius 1 is 1.09 bits per heavy atom. The van der Waals surface area contributed by atoms with Crippen LogP contribution in [0.1, 0.15) is 17.3 Å². The Labute approximate surface area is 203 Å². The topological polar surface area (TPSA) is 146 Å². The molecule has 0 spiro atoms. The number of benzene rings is 2. The van der Waals surface area contributed by atoms with E-state index < -0.39 is 10.7 Å². The molecule has 0 aliphatic carbocycles. The first-order valence-corrected chi connectivity index (χ1v) is 11.1. The Kier molecular flexibility index (Phi) is 7.43. The highest BCUT2D eigenvalue weighted by Crippen LogP contribution is 2.26. The third kappa shape index (κ3) is 6.06. The van der Waals surface area contributed by atoms with Gasteiger partial charge in [-0.25, -0.2) is 0 Å². The lowest BCUT2D eigenvalue weighted by molar-refractivity contribution is -0.384. The number of anilines is 1. The summed E-state index contributed by atoms with van der Waals surface area (Å²) < 4.78 is 11.1. The number of carbonyl (C=O) groups excluding carboxylic acids is 1. The van der Waals surface area contributed by atoms with Crippen LogP contribution >= 0.6 is 11.8 Å². The average Bonchev–Trinajstić information content (AvgIpc) is 3.36. The summed E-state index contributed by atoms with van der Waals surface area (Å²) >= 11 is 0.891. The second kappa shape index (κ2) is 11.0. The second-order valence-electron chi connectivity index (χ2n) is 6.83. The molecule has 2 aromatic carbocycles. The maximum atomic E-state index is 13.2. The molecule has 0 saturated carbocycles. The monoisotopic (exact) mass is 490 g/mol. The van der Waals surface area contributed by atoms with Crippen molar-refractivity contribution in [2.45, 2.75) is 12.1 Å². The molecule has 12 heteroatoms. The fourth-order valence-electron chi connectivity index (χ4n) is 2.83. The summed E-state index contributed by atoms with van der Waals surface area (Å²) in [6.07, 6.45) is 3.20. The zero-order valence-electron chi connectivity index (χ0n) is 18.3. The van der Waals surface area contributed by atoms with E-state index in [-0.39, 0.29) is 21.8 Å². The molecule has 0 bridgehead atoms. The third-order valence-electron chi connectivity index (χ3n) is 4.50. The van der Waals surface area contributed by atoms with Crippen LogP contribution in [0.15, 0.2) is 87.8 Å². The van der Waals surface area contributed by atoms with Crippen molar-refractivity contribution in [2.75, 3.05) is 12.0 Å². The van der Waals surface area contributed by atoms with Crippen LogP contribution in [-0.2, 0) is 0 Å². The first-order chi connectivity index (χ1) is 17.0. The molecule has 0 fully saturated rings. The summed E-state index contributed by atoms with van der Waals surface area (Å²) in [4.78, 5) is 27.6. The van der Waals surface area contributed by atoms with Gasteiger partial charge in [-0.1, -0.05) is 0 Å². The molecule has 0 aliphatic heterocycles. The molecular weight excluding hydrogens is 472 g/mol. The number of Topliss-reactive ketones (excluding diaryl/α,β-unsaturated/α-hetero) is 1. The van der Waals surface area contributed by atoms with Crippen molar-refractivity contribution in [3.8, 4) is 17.2 Å². The van der Waals surface area contributed by atoms with Crippen LogP contribution < -0.4 is 10.2 Å². The summed E-state index contributed by atoms with van der Waals surface area (Å²) in [6, 6.07) is 15.7. The summed E-state index contributed by atoms with van der Waals surface area (Å²) in [7, 11) is 0. The molecular formula is C23H18N6O5S. The van der Waals surface area contributed by atoms with Crippen LogP contribution in [-0.4, -0.2) is 37.5 Å². The van der Waals surface area contributed by atoms with Gasteiger partial charge in [0, 0.05) is 35.7 Å². The van der Waals surface area contributed by atoms with Gasteiger partial charge in [0.2, 0.25) is 11.7 Å². The van der Waals surface area contributed by atoms with E-state index in [9.17, 15) is 14.9 Å². The van der Waals surface area contributed by atoms with E-state index in [0.717, 1.165) is 11.8 Å². The number of nitrogens with one attached hydrogen (secondary N) is 1. The molecule has 1 N–H and O–H groups in total. The number of nitrogens with zero attached hydrogens (tertiary/aromatic N) is 5. The number of hydrogen-bond acceptors (Lipinski definition) is 11. The molecule has 0 amide bonds. The fraction of sp³-hybridized carbons (Fsp3) is 0.0870. The number of pyridine rings is 1. The Morgan fingerprint density at radius 3 is 2.46 bits per heavy atom. The van der Waals surface area contributed by atoms with Gasteiger partial charge in [-0.05, 0) is 67.2 Å². The molecule has 2 heterocycles. The number of ketones is 1. The molecule has 4 rings (SSSR count). The van der Waals surface area contributed by atoms with Crippen molar-refractivity contribution in [2.24, 2.45) is 5.10 Å². The van der Waals surface area contributed by atoms with E-state index in [1.165, 1.54) is 24.3 Å². The molecule has 176 valence electrons. The van der Waals surface area contributed by atoms with E-state index in [0.29, 0.717) is 29.2 Å². The Bertz CT molecular complexity index is 1340. The Balaban J connectivity index is 1.59. The zero-order chi connectivity index (χ0) is 24.6. The maximum Gasteiger partial charge on any atom is 0.283 e. The number of rotatable bonds is 9. The number of hydrogen-bond donors (Lipinski definition) is 1. The van der Waals surface area contributed by atoms with E-state index >= 15 is 0 Å². The van der Waals surface area contributed by atoms with Gasteiger partial charge in [0.25, 0.3) is 10.9 Å². The zero-order valence-corrected chi connectivity index (χ0v) is 19.1. The Hall–Kier alpha value is -4.58. The molecule has 0 unspecified atom stereocenters. The van der Waals surface area contributed by atoms with Gasteiger partial charge in [0.15, 0.2) is 5.04 Å². The summed E-state index contributed by atoms with van der Waals surface area (Å²) in [5, 5.41) is 23.2. The summed E-state index contributed by atoms with van der Waals surface area (Å²) in [5.74, 6) is 0.514. The van der Waals surface area contributed by atoms with E-state index in [1.807, 2.05) is 6.92 Å². The predicted octanol–water partition coefficient (Wildman–Crippen LogP) is 4.84. The minimum Gasteiger partial charge on any atom is -0.494 e. The van der Waals surface area contributed by atoms with Crippen molar-refractivity contribution in [3.05, 3.63) is 88.7 Å². The highest BCUT2D eigenvalue weighted by atomic mass is 32.2. The molecule has 35 heavy (non-hydrogen) atoms. The van der Waals surface area contributed by atoms with Crippen molar-refractivity contribution in [1.82, 2.24) is 15.2 Å². The molecule has 0 radical (unpaired) electrons. The van der Waals surface area contributed by atoms with Crippen LogP contribution in [0.4, 0.5) is 11.4 Å². The van der Waals surface area contributed by atoms with Gasteiger partial charge in [0.1, 0.15) is 5.75 Å². The minimum absolute atomic E-state index is 0.0254. The minimum atomic E-state index is -0.500. The van der Waals surface area contributed by atoms with Gasteiger partial charge < -0.3 is 9.15 Å². The van der Waals surface area contributed by atoms with E-state index in [4.69, 9.17) is 9.15 Å². The number of nitro groups is 1. The third-order valence-corrected chi connectivity index (χ3v) is 5.31. The fourth-order valence-corrected chi connectivity index (χ4v) is 3.50. The largest absolute Gasteiger partial charge is 0.494 e. The van der Waals surface area contributed by atoms with Crippen LogP contribution in [0, 0.1) is 10.1 Å². The molecule has 2 aromatic heterocycles. The first kappa shape index (κ1) is 23.6. The molecule has 0 atom stereocenters. The highest BCUT2D eigenvalue weighted by molar-refractivity contribution is 8.15. The second-order valence-corrected chi connectivity index (χ2v) is 7.77. The van der Waals surface area contributed by atoms with Crippen molar-refractivity contribution < 1.29 is 18.9 Å². The van der Waals surface area contributed by atoms with Crippen molar-refractivity contribution in [1.29, 1.82) is 0 Å². The molecule has 11 nitrogen and oxygen atoms in total. The molecule has 4 aromatic rings. The lowest BCUT2D eigenvalue weighted by Gasteiger charge is -2.07. The normalized spacial score (nSPS) is 11.2. The first-order valence-electron chi connectivity index (χ1n) is 10.3. The van der Waals surface area contributed by atoms with Crippen LogP contribution in [0.5, 0.6) is 5.75 Å². The molecule has 0 saturated heterocycles. The predicted molar refractivity (Wildman–Crippen MR) is 129 cm³/mol. The lowest BCUT2D eigenvalue weighted by atomic mass is 10.1. The van der Waals surface area contributed by atoms with Gasteiger partial charge in [-0.3, -0.25) is 25.3 Å². The van der Waals surface area contributed by atoms with E-state index in [1.54, 1.807) is 48.8 Å².